The van der Waals surface area contributed by atoms with Gasteiger partial charge in [0.2, 0.25) is 5.91 Å². The van der Waals surface area contributed by atoms with Crippen molar-refractivity contribution in [2.45, 2.75) is 45.6 Å². The normalized spacial score (nSPS) is 11.0. The molecule has 1 amide bonds. The molecule has 0 aliphatic carbocycles. The maximum atomic E-state index is 11.3. The number of carbonyl (C=O) groups is 1. The predicted molar refractivity (Wildman–Crippen MR) is 114 cm³/mol. The molecule has 3 rings (SSSR count). The van der Waals surface area contributed by atoms with Gasteiger partial charge in [0.1, 0.15) is 5.82 Å². The molecule has 0 spiro atoms. The lowest BCUT2D eigenvalue weighted by Crippen LogP contribution is -2.23. The second-order valence-corrected chi connectivity index (χ2v) is 7.66. The van der Waals surface area contributed by atoms with E-state index in [-0.39, 0.29) is 5.91 Å². The highest BCUT2D eigenvalue weighted by molar-refractivity contribution is 9.10. The van der Waals surface area contributed by atoms with Crippen molar-refractivity contribution in [2.24, 2.45) is 0 Å². The summed E-state index contributed by atoms with van der Waals surface area (Å²) in [6.45, 7) is 3.47. The molecular weight excluding hydrogens is 402 g/mol. The third-order valence-electron chi connectivity index (χ3n) is 4.68. The molecule has 1 aromatic heterocycles. The van der Waals surface area contributed by atoms with E-state index in [4.69, 9.17) is 4.98 Å². The van der Waals surface area contributed by atoms with Crippen molar-refractivity contribution in [3.8, 4) is 0 Å². The van der Waals surface area contributed by atoms with Crippen LogP contribution < -0.4 is 5.32 Å². The number of rotatable bonds is 9. The van der Waals surface area contributed by atoms with Crippen LogP contribution in [0.15, 0.2) is 53.0 Å². The molecule has 0 atom stereocenters. The van der Waals surface area contributed by atoms with Gasteiger partial charge in [0.15, 0.2) is 0 Å². The van der Waals surface area contributed by atoms with Crippen LogP contribution in [-0.2, 0) is 17.8 Å². The Morgan fingerprint density at radius 2 is 1.96 bits per heavy atom. The largest absolute Gasteiger partial charge is 0.356 e. The molecule has 0 fully saturated rings. The van der Waals surface area contributed by atoms with Gasteiger partial charge >= 0.3 is 0 Å². The standard InChI is InChI=1S/C22H26BrN3O/c1-2-22(27)24-14-7-3-4-13-21-25-19-11-5-6-12-20(19)26(21)16-17-9-8-10-18(23)15-17/h5-6,8-12,15H,2-4,7,13-14,16H2,1H3,(H,24,27). The van der Waals surface area contributed by atoms with E-state index in [1.807, 2.05) is 19.1 Å². The summed E-state index contributed by atoms with van der Waals surface area (Å²) >= 11 is 3.56. The number of nitrogens with zero attached hydrogens (tertiary/aromatic N) is 2. The van der Waals surface area contributed by atoms with E-state index in [1.165, 1.54) is 11.1 Å². The molecule has 1 N–H and O–H groups in total. The first-order valence-corrected chi connectivity index (χ1v) is 10.4. The molecule has 0 saturated carbocycles. The van der Waals surface area contributed by atoms with Crippen molar-refractivity contribution in [3.05, 3.63) is 64.4 Å². The van der Waals surface area contributed by atoms with E-state index >= 15 is 0 Å². The van der Waals surface area contributed by atoms with Gasteiger partial charge in [0.25, 0.3) is 0 Å². The van der Waals surface area contributed by atoms with Crippen LogP contribution in [0.3, 0.4) is 0 Å². The summed E-state index contributed by atoms with van der Waals surface area (Å²) in [5, 5.41) is 2.94. The molecule has 1 heterocycles. The van der Waals surface area contributed by atoms with E-state index in [0.29, 0.717) is 6.42 Å². The number of imidazole rings is 1. The molecule has 0 aliphatic rings. The zero-order valence-corrected chi connectivity index (χ0v) is 17.3. The maximum Gasteiger partial charge on any atom is 0.219 e. The summed E-state index contributed by atoms with van der Waals surface area (Å²) < 4.78 is 3.43. The molecule has 0 unspecified atom stereocenters. The maximum absolute atomic E-state index is 11.3. The Labute approximate surface area is 169 Å². The Hall–Kier alpha value is -2.14. The summed E-state index contributed by atoms with van der Waals surface area (Å²) in [6.07, 6.45) is 4.68. The number of unbranched alkanes of at least 4 members (excludes halogenated alkanes) is 2. The van der Waals surface area contributed by atoms with Crippen LogP contribution >= 0.6 is 15.9 Å². The number of amides is 1. The Morgan fingerprint density at radius 1 is 1.11 bits per heavy atom. The SMILES string of the molecule is CCC(=O)NCCCCCc1nc2ccccc2n1Cc1cccc(Br)c1. The van der Waals surface area contributed by atoms with Crippen molar-refractivity contribution in [2.75, 3.05) is 6.54 Å². The quantitative estimate of drug-likeness (QED) is 0.483. The zero-order chi connectivity index (χ0) is 19.1. The smallest absolute Gasteiger partial charge is 0.219 e. The van der Waals surface area contributed by atoms with Crippen molar-refractivity contribution in [1.82, 2.24) is 14.9 Å². The van der Waals surface area contributed by atoms with Gasteiger partial charge in [-0.05, 0) is 42.7 Å². The number of halogens is 1. The molecular formula is C22H26BrN3O. The fourth-order valence-electron chi connectivity index (χ4n) is 3.25. The summed E-state index contributed by atoms with van der Waals surface area (Å²) in [5.74, 6) is 1.26. The van der Waals surface area contributed by atoms with Gasteiger partial charge in [-0.2, -0.15) is 0 Å². The van der Waals surface area contributed by atoms with Crippen LogP contribution in [0.2, 0.25) is 0 Å². The summed E-state index contributed by atoms with van der Waals surface area (Å²) in [7, 11) is 0. The average Bonchev–Trinajstić information content (AvgIpc) is 3.02. The van der Waals surface area contributed by atoms with Crippen LogP contribution in [0.25, 0.3) is 11.0 Å². The molecule has 142 valence electrons. The number of hydrogen-bond acceptors (Lipinski definition) is 2. The first kappa shape index (κ1) is 19.6. The fourth-order valence-corrected chi connectivity index (χ4v) is 3.69. The minimum atomic E-state index is 0.130. The lowest BCUT2D eigenvalue weighted by atomic mass is 10.1. The summed E-state index contributed by atoms with van der Waals surface area (Å²) in [4.78, 5) is 16.2. The highest BCUT2D eigenvalue weighted by Gasteiger charge is 2.11. The lowest BCUT2D eigenvalue weighted by molar-refractivity contribution is -0.120. The highest BCUT2D eigenvalue weighted by Crippen LogP contribution is 2.21. The van der Waals surface area contributed by atoms with Gasteiger partial charge in [-0.15, -0.1) is 0 Å². The van der Waals surface area contributed by atoms with Crippen LogP contribution in [0, 0.1) is 0 Å². The molecule has 0 bridgehead atoms. The third-order valence-corrected chi connectivity index (χ3v) is 5.18. The molecule has 0 aliphatic heterocycles. The number of nitrogens with one attached hydrogen (secondary N) is 1. The van der Waals surface area contributed by atoms with Gasteiger partial charge in [-0.3, -0.25) is 4.79 Å². The number of carbonyl (C=O) groups excluding carboxylic acids is 1. The lowest BCUT2D eigenvalue weighted by Gasteiger charge is -2.10. The minimum Gasteiger partial charge on any atom is -0.356 e. The Kier molecular flexibility index (Phi) is 7.04. The fraction of sp³-hybridized carbons (Fsp3) is 0.364. The van der Waals surface area contributed by atoms with Gasteiger partial charge in [0.05, 0.1) is 11.0 Å². The van der Waals surface area contributed by atoms with Gasteiger partial charge in [0, 0.05) is 30.4 Å². The number of benzene rings is 2. The van der Waals surface area contributed by atoms with Crippen molar-refractivity contribution in [1.29, 1.82) is 0 Å². The van der Waals surface area contributed by atoms with Gasteiger partial charge in [-0.1, -0.05) is 53.5 Å². The summed E-state index contributed by atoms with van der Waals surface area (Å²) in [6, 6.07) is 16.8. The Balaban J connectivity index is 1.66. The van der Waals surface area contributed by atoms with E-state index in [0.717, 1.165) is 54.6 Å². The van der Waals surface area contributed by atoms with Gasteiger partial charge in [-0.25, -0.2) is 4.98 Å². The number of para-hydroxylation sites is 2. The monoisotopic (exact) mass is 427 g/mol. The predicted octanol–water partition coefficient (Wildman–Crippen LogP) is 5.09. The molecule has 3 aromatic rings. The average molecular weight is 428 g/mol. The van der Waals surface area contributed by atoms with Crippen molar-refractivity contribution in [3.63, 3.8) is 0 Å². The van der Waals surface area contributed by atoms with E-state index < -0.39 is 0 Å². The molecule has 2 aromatic carbocycles. The number of hydrogen-bond donors (Lipinski definition) is 1. The second kappa shape index (κ2) is 9.70. The van der Waals surface area contributed by atoms with Gasteiger partial charge < -0.3 is 9.88 Å². The molecule has 0 radical (unpaired) electrons. The topological polar surface area (TPSA) is 46.9 Å². The molecule has 0 saturated heterocycles. The van der Waals surface area contributed by atoms with E-state index in [2.05, 4.69) is 62.2 Å². The van der Waals surface area contributed by atoms with Crippen molar-refractivity contribution < 1.29 is 4.79 Å². The zero-order valence-electron chi connectivity index (χ0n) is 15.7. The molecule has 4 nitrogen and oxygen atoms in total. The minimum absolute atomic E-state index is 0.130. The Bertz CT molecular complexity index is 903. The molecule has 5 heteroatoms. The number of aryl methyl sites for hydroxylation is 1. The first-order valence-electron chi connectivity index (χ1n) is 9.62. The first-order chi connectivity index (χ1) is 13.2. The number of aromatic nitrogens is 2. The second-order valence-electron chi connectivity index (χ2n) is 6.75. The van der Waals surface area contributed by atoms with E-state index in [1.54, 1.807) is 0 Å². The number of fused-ring (bicyclic) bond motifs is 1. The third kappa shape index (κ3) is 5.42. The molecule has 27 heavy (non-hydrogen) atoms. The van der Waals surface area contributed by atoms with Crippen LogP contribution in [0.1, 0.15) is 44.0 Å². The van der Waals surface area contributed by atoms with E-state index in [9.17, 15) is 4.79 Å². The van der Waals surface area contributed by atoms with Crippen molar-refractivity contribution >= 4 is 32.9 Å². The van der Waals surface area contributed by atoms with Crippen LogP contribution in [0.4, 0.5) is 0 Å². The Morgan fingerprint density at radius 3 is 2.78 bits per heavy atom. The highest BCUT2D eigenvalue weighted by atomic mass is 79.9. The summed E-state index contributed by atoms with van der Waals surface area (Å²) in [5.41, 5.74) is 3.50. The van der Waals surface area contributed by atoms with Crippen LogP contribution in [0.5, 0.6) is 0 Å². The van der Waals surface area contributed by atoms with Crippen LogP contribution in [-0.4, -0.2) is 22.0 Å².